The molecule has 76 heavy (non-hydrogen) atoms. The van der Waals surface area contributed by atoms with Crippen LogP contribution in [-0.2, 0) is 25.2 Å². The number of unbranched alkanes of at least 4 members (excludes halogenated alkanes) is 10. The van der Waals surface area contributed by atoms with Crippen molar-refractivity contribution < 1.29 is 19.1 Å². The molecule has 2 unspecified atom stereocenters. The lowest BCUT2D eigenvalue weighted by Crippen LogP contribution is -2.43. The van der Waals surface area contributed by atoms with Gasteiger partial charge in [-0.2, -0.15) is 0 Å². The van der Waals surface area contributed by atoms with Crippen LogP contribution in [0.5, 0.6) is 5.75 Å². The van der Waals surface area contributed by atoms with E-state index in [9.17, 15) is 9.59 Å². The van der Waals surface area contributed by atoms with Gasteiger partial charge in [-0.15, -0.1) is 11.8 Å². The second kappa shape index (κ2) is 28.3. The van der Waals surface area contributed by atoms with Gasteiger partial charge in [0.1, 0.15) is 22.5 Å². The van der Waals surface area contributed by atoms with Gasteiger partial charge >= 0.3 is 0 Å². The van der Waals surface area contributed by atoms with Crippen molar-refractivity contribution in [3.05, 3.63) is 134 Å². The summed E-state index contributed by atoms with van der Waals surface area (Å²) in [5.41, 5.74) is 7.31. The fourth-order valence-electron chi connectivity index (χ4n) is 9.09. The molecule has 2 atom stereocenters. The lowest BCUT2D eigenvalue weighted by Gasteiger charge is -2.34. The normalized spacial score (nSPS) is 14.8. The highest BCUT2D eigenvalue weighted by Crippen LogP contribution is 2.45. The summed E-state index contributed by atoms with van der Waals surface area (Å²) >= 11 is 28.0. The van der Waals surface area contributed by atoms with Gasteiger partial charge in [0.15, 0.2) is 6.10 Å². The van der Waals surface area contributed by atoms with E-state index in [1.54, 1.807) is 23.1 Å². The summed E-state index contributed by atoms with van der Waals surface area (Å²) in [5, 5.41) is 4.11. The number of nitrogens with zero attached hydrogens (tertiary/aromatic N) is 3. The molecule has 1 aliphatic rings. The third kappa shape index (κ3) is 15.7. The van der Waals surface area contributed by atoms with Crippen LogP contribution in [0.2, 0.25) is 20.1 Å². The van der Waals surface area contributed by atoms with E-state index in [2.05, 4.69) is 71.3 Å². The van der Waals surface area contributed by atoms with Crippen LogP contribution in [0, 0.1) is 5.92 Å². The van der Waals surface area contributed by atoms with Crippen molar-refractivity contribution in [2.45, 2.75) is 179 Å². The Bertz CT molecular complexity index is 2780. The first-order valence-electron chi connectivity index (χ1n) is 27.2. The molecule has 408 valence electrons. The highest BCUT2D eigenvalue weighted by atomic mass is 35.5. The second-order valence-electron chi connectivity index (χ2n) is 21.4. The summed E-state index contributed by atoms with van der Waals surface area (Å²) in [7, 11) is 0. The van der Waals surface area contributed by atoms with Crippen molar-refractivity contribution in [3.8, 4) is 5.75 Å². The van der Waals surface area contributed by atoms with Gasteiger partial charge in [-0.3, -0.25) is 24.7 Å². The zero-order chi connectivity index (χ0) is 55.2. The first-order chi connectivity index (χ1) is 36.3. The van der Waals surface area contributed by atoms with E-state index in [1.807, 2.05) is 74.5 Å². The highest BCUT2D eigenvalue weighted by molar-refractivity contribution is 8.01. The van der Waals surface area contributed by atoms with E-state index in [-0.39, 0.29) is 50.1 Å². The third-order valence-corrected chi connectivity index (χ3v) is 16.9. The number of nitrogens with one attached hydrogen (secondary N) is 2. The predicted octanol–water partition coefficient (Wildman–Crippen LogP) is 18.8. The van der Waals surface area contributed by atoms with Gasteiger partial charge in [-0.05, 0) is 102 Å². The topological polar surface area (TPSA) is 103 Å². The maximum Gasteiger partial charge on any atom is 0.272 e. The Morgan fingerprint density at radius 1 is 0.737 bits per heavy atom. The standard InChI is InChI=1S/C62H77Cl4N5O4S/c1-10-13-14-15-16-17-18-19-20-21-25-32-54(72)67-44-34-35-47(64)50(40-44)68-58-57(60(74)71(69-58)55-48(65)38-43(63)39-49(55)66)76-53-31-27-26-30-51(53)70(45-28-23-22-24-29-45)59(73)56(41(4)5)75-52-36-33-42(61(6,7)11-2)37-46(52)62(8,9)12-3/h22-24,26-31,33-41,56-57H,10-21,25,32H2,1-9H3,(H,67,72)(H,68,69). The molecule has 0 saturated carbocycles. The van der Waals surface area contributed by atoms with E-state index in [1.165, 1.54) is 85.8 Å². The molecule has 0 spiro atoms. The molecule has 0 aromatic heterocycles. The Labute approximate surface area is 477 Å². The molecule has 0 aliphatic carbocycles. The van der Waals surface area contributed by atoms with Gasteiger partial charge in [0.05, 0.1) is 26.4 Å². The molecule has 1 fully saturated rings. The summed E-state index contributed by atoms with van der Waals surface area (Å²) in [5.74, 6) is -0.206. The van der Waals surface area contributed by atoms with E-state index in [4.69, 9.17) is 56.1 Å². The zero-order valence-electron chi connectivity index (χ0n) is 45.8. The van der Waals surface area contributed by atoms with Gasteiger partial charge in [0.25, 0.3) is 11.8 Å². The van der Waals surface area contributed by atoms with Crippen molar-refractivity contribution >= 4 is 110 Å². The molecule has 1 saturated heterocycles. The Balaban J connectivity index is 1.33. The van der Waals surface area contributed by atoms with Crippen LogP contribution in [0.3, 0.4) is 0 Å². The SMILES string of the molecule is CCCCCCCCCCCCCC(=O)Nc1ccc(Cl)c(N=C2NN(c3c(Cl)cc(Cl)cc3Cl)C(=O)C2Sc2ccccc2N(C(=O)C(Oc2ccc(C(C)(C)CC)cc2C(C)(C)CC)C(C)C)c2ccccc2)c1. The van der Waals surface area contributed by atoms with Crippen molar-refractivity contribution in [3.63, 3.8) is 0 Å². The number of hydrazine groups is 1. The van der Waals surface area contributed by atoms with Gasteiger partial charge < -0.3 is 10.1 Å². The summed E-state index contributed by atoms with van der Waals surface area (Å²) in [6, 6.07) is 31.4. The van der Waals surface area contributed by atoms with Gasteiger partial charge in [0.2, 0.25) is 5.91 Å². The zero-order valence-corrected chi connectivity index (χ0v) is 49.7. The number of benzene rings is 5. The number of hydrogen-bond acceptors (Lipinski definition) is 6. The molecule has 2 N–H and O–H groups in total. The molecule has 5 aromatic carbocycles. The van der Waals surface area contributed by atoms with Gasteiger partial charge in [-0.1, -0.05) is 215 Å². The average Bonchev–Trinajstić information content (AvgIpc) is 3.68. The number of thioether (sulfide) groups is 1. The van der Waals surface area contributed by atoms with E-state index < -0.39 is 17.3 Å². The summed E-state index contributed by atoms with van der Waals surface area (Å²) in [6.07, 6.45) is 14.5. The summed E-state index contributed by atoms with van der Waals surface area (Å²) in [6.45, 7) is 19.5. The third-order valence-electron chi connectivity index (χ3n) is 14.5. The minimum absolute atomic E-state index is 0.0551. The molecule has 5 aromatic rings. The Morgan fingerprint density at radius 3 is 1.96 bits per heavy atom. The molecule has 6 rings (SSSR count). The van der Waals surface area contributed by atoms with Crippen LogP contribution in [0.1, 0.15) is 163 Å². The minimum atomic E-state index is -1.05. The first-order valence-corrected chi connectivity index (χ1v) is 29.6. The number of amidine groups is 1. The van der Waals surface area contributed by atoms with E-state index in [0.29, 0.717) is 49.9 Å². The number of hydrogen-bond donors (Lipinski definition) is 2. The number of aliphatic imine (C=N–C) groups is 1. The maximum atomic E-state index is 15.6. The number of anilines is 4. The largest absolute Gasteiger partial charge is 0.480 e. The van der Waals surface area contributed by atoms with Crippen molar-refractivity contribution in [1.82, 2.24) is 5.43 Å². The summed E-state index contributed by atoms with van der Waals surface area (Å²) in [4.78, 5) is 51.1. The van der Waals surface area contributed by atoms with E-state index >= 15 is 4.79 Å². The number of carbonyl (C=O) groups is 3. The quantitative estimate of drug-likeness (QED) is 0.0508. The predicted molar refractivity (Wildman–Crippen MR) is 322 cm³/mol. The van der Waals surface area contributed by atoms with Crippen LogP contribution in [-0.4, -0.2) is 34.9 Å². The molecule has 0 radical (unpaired) electrons. The molecular formula is C62H77Cl4N5O4S. The van der Waals surface area contributed by atoms with Crippen molar-refractivity contribution in [2.24, 2.45) is 10.9 Å². The lowest BCUT2D eigenvalue weighted by atomic mass is 9.76. The molecule has 0 bridgehead atoms. The lowest BCUT2D eigenvalue weighted by molar-refractivity contribution is -0.126. The number of carbonyl (C=O) groups excluding carboxylic acids is 3. The molecule has 3 amide bonds. The van der Waals surface area contributed by atoms with Crippen LogP contribution in [0.4, 0.5) is 28.4 Å². The minimum Gasteiger partial charge on any atom is -0.480 e. The molecule has 9 nitrogen and oxygen atoms in total. The average molecular weight is 1130 g/mol. The highest BCUT2D eigenvalue weighted by Gasteiger charge is 2.43. The number of rotatable bonds is 27. The maximum absolute atomic E-state index is 15.6. The monoisotopic (exact) mass is 1130 g/mol. The molecule has 14 heteroatoms. The first kappa shape index (κ1) is 60.5. The van der Waals surface area contributed by atoms with Crippen LogP contribution in [0.15, 0.2) is 113 Å². The summed E-state index contributed by atoms with van der Waals surface area (Å²) < 4.78 is 6.99. The Morgan fingerprint density at radius 2 is 1.34 bits per heavy atom. The Kier molecular flexibility index (Phi) is 22.5. The van der Waals surface area contributed by atoms with Crippen molar-refractivity contribution in [2.75, 3.05) is 15.2 Å². The number of amides is 3. The fraction of sp³-hybridized carbons (Fsp3) is 0.452. The fourth-order valence-corrected chi connectivity index (χ4v) is 11.3. The second-order valence-corrected chi connectivity index (χ2v) is 24.2. The molecule has 1 heterocycles. The van der Waals surface area contributed by atoms with E-state index in [0.717, 1.165) is 37.7 Å². The van der Waals surface area contributed by atoms with Gasteiger partial charge in [-0.25, -0.2) is 10.0 Å². The smallest absolute Gasteiger partial charge is 0.272 e. The number of para-hydroxylation sites is 2. The number of ether oxygens (including phenoxy) is 1. The van der Waals surface area contributed by atoms with Crippen LogP contribution in [0.25, 0.3) is 0 Å². The molecular weight excluding hydrogens is 1050 g/mol. The molecule has 1 aliphatic heterocycles. The Hall–Kier alpha value is -4.71. The number of halogens is 4. The van der Waals surface area contributed by atoms with Crippen LogP contribution < -0.4 is 25.4 Å². The van der Waals surface area contributed by atoms with Crippen molar-refractivity contribution in [1.29, 1.82) is 0 Å². The van der Waals surface area contributed by atoms with Crippen LogP contribution >= 0.6 is 58.2 Å². The van der Waals surface area contributed by atoms with Gasteiger partial charge in [0, 0.05) is 33.3 Å².